The van der Waals surface area contributed by atoms with E-state index in [9.17, 15) is 4.79 Å². The van der Waals surface area contributed by atoms with E-state index in [1.54, 1.807) is 11.0 Å². The first-order valence-corrected chi connectivity index (χ1v) is 10.1. The van der Waals surface area contributed by atoms with Crippen LogP contribution >= 0.6 is 24.0 Å². The van der Waals surface area contributed by atoms with E-state index in [4.69, 9.17) is 4.99 Å². The number of rotatable bonds is 5. The number of carbonyl (C=O) groups excluding carboxylic acids is 1. The van der Waals surface area contributed by atoms with Crippen molar-refractivity contribution in [2.75, 3.05) is 19.6 Å². The van der Waals surface area contributed by atoms with Crippen LogP contribution in [0.5, 0.6) is 0 Å². The number of nitrogens with one attached hydrogen (secondary N) is 1. The Labute approximate surface area is 195 Å². The Bertz CT molecular complexity index is 847. The topological polar surface area (TPSA) is 78.6 Å². The van der Waals surface area contributed by atoms with E-state index in [2.05, 4.69) is 48.0 Å². The predicted molar refractivity (Wildman–Crippen MR) is 129 cm³/mol. The maximum Gasteiger partial charge on any atom is 0.242 e. The molecule has 1 aromatic carbocycles. The summed E-state index contributed by atoms with van der Waals surface area (Å²) in [5.74, 6) is 0.914. The molecule has 30 heavy (non-hydrogen) atoms. The molecule has 0 radical (unpaired) electrons. The van der Waals surface area contributed by atoms with Gasteiger partial charge in [0.1, 0.15) is 12.7 Å². The summed E-state index contributed by atoms with van der Waals surface area (Å²) < 4.78 is 1.72. The Morgan fingerprint density at radius 1 is 1.27 bits per heavy atom. The highest BCUT2D eigenvalue weighted by Gasteiger charge is 2.40. The summed E-state index contributed by atoms with van der Waals surface area (Å²) in [5.41, 5.74) is 1.80. The number of nitrogens with zero attached hydrogens (tertiary/aromatic N) is 6. The normalized spacial score (nSPS) is 16.6. The van der Waals surface area contributed by atoms with E-state index in [-0.39, 0.29) is 41.5 Å². The van der Waals surface area contributed by atoms with Gasteiger partial charge in [-0.15, -0.1) is 24.0 Å². The van der Waals surface area contributed by atoms with Gasteiger partial charge in [0.2, 0.25) is 5.91 Å². The van der Waals surface area contributed by atoms with Crippen LogP contribution in [0, 0.1) is 0 Å². The highest BCUT2D eigenvalue weighted by Crippen LogP contribution is 2.24. The van der Waals surface area contributed by atoms with Gasteiger partial charge in [0.15, 0.2) is 5.96 Å². The molecule has 0 aliphatic carbocycles. The number of piperazine rings is 1. The molecule has 1 saturated heterocycles. The third-order valence-corrected chi connectivity index (χ3v) is 5.01. The maximum absolute atomic E-state index is 12.8. The summed E-state index contributed by atoms with van der Waals surface area (Å²) in [5, 5.41) is 7.48. The lowest BCUT2D eigenvalue weighted by Crippen LogP contribution is -2.66. The molecule has 1 fully saturated rings. The summed E-state index contributed by atoms with van der Waals surface area (Å²) in [6, 6.07) is 8.26. The van der Waals surface area contributed by atoms with Gasteiger partial charge in [0, 0.05) is 19.1 Å². The fourth-order valence-electron chi connectivity index (χ4n) is 4.00. The average Bonchev–Trinajstić information content (AvgIpc) is 3.18. The molecule has 2 aromatic rings. The van der Waals surface area contributed by atoms with Crippen molar-refractivity contribution in [3.8, 4) is 5.69 Å². The van der Waals surface area contributed by atoms with Crippen LogP contribution in [0.2, 0.25) is 0 Å². The predicted octanol–water partition coefficient (Wildman–Crippen LogP) is 2.68. The molecule has 0 atom stereocenters. The first-order valence-electron chi connectivity index (χ1n) is 10.1. The van der Waals surface area contributed by atoms with Crippen molar-refractivity contribution in [3.63, 3.8) is 0 Å². The molecular formula is C21H32IN7O. The van der Waals surface area contributed by atoms with Gasteiger partial charge >= 0.3 is 0 Å². The summed E-state index contributed by atoms with van der Waals surface area (Å²) in [6.45, 7) is 12.8. The van der Waals surface area contributed by atoms with Crippen LogP contribution in [0.15, 0.2) is 41.9 Å². The van der Waals surface area contributed by atoms with Crippen LogP contribution in [0.4, 0.5) is 0 Å². The largest absolute Gasteiger partial charge is 0.356 e. The quantitative estimate of drug-likeness (QED) is 0.369. The van der Waals surface area contributed by atoms with Crippen LogP contribution < -0.4 is 5.32 Å². The average molecular weight is 525 g/mol. The van der Waals surface area contributed by atoms with E-state index in [1.165, 1.54) is 6.33 Å². The monoisotopic (exact) mass is 525 g/mol. The standard InChI is InChI=1S/C21H31N7O.HI/c1-6-23-20(26-12-19(29)28(16(2)3)21(4,5)13-26)24-11-17-7-9-18(10-8-17)27-15-22-14-25-27;/h7-10,14-16H,6,11-13H2,1-5H3,(H,23,24);1H. The van der Waals surface area contributed by atoms with Crippen LogP contribution in [0.1, 0.15) is 40.2 Å². The minimum Gasteiger partial charge on any atom is -0.356 e. The van der Waals surface area contributed by atoms with E-state index in [1.807, 2.05) is 36.1 Å². The fraction of sp³-hybridized carbons (Fsp3) is 0.524. The van der Waals surface area contributed by atoms with E-state index in [0.717, 1.165) is 30.3 Å². The zero-order chi connectivity index (χ0) is 21.0. The molecule has 9 heteroatoms. The van der Waals surface area contributed by atoms with Crippen molar-refractivity contribution in [2.24, 2.45) is 4.99 Å². The molecule has 1 amide bonds. The van der Waals surface area contributed by atoms with Crippen molar-refractivity contribution in [1.29, 1.82) is 0 Å². The molecule has 3 rings (SSSR count). The highest BCUT2D eigenvalue weighted by atomic mass is 127. The van der Waals surface area contributed by atoms with Gasteiger partial charge in [-0.2, -0.15) is 5.10 Å². The minimum absolute atomic E-state index is 0. The number of carbonyl (C=O) groups is 1. The summed E-state index contributed by atoms with van der Waals surface area (Å²) in [7, 11) is 0. The van der Waals surface area contributed by atoms with Gasteiger partial charge in [-0.25, -0.2) is 14.7 Å². The van der Waals surface area contributed by atoms with Gasteiger partial charge in [-0.05, 0) is 52.3 Å². The first kappa shape index (κ1) is 24.1. The molecule has 164 valence electrons. The van der Waals surface area contributed by atoms with Crippen LogP contribution in [-0.4, -0.2) is 67.6 Å². The molecule has 0 bridgehead atoms. The van der Waals surface area contributed by atoms with Crippen molar-refractivity contribution >= 4 is 35.8 Å². The minimum atomic E-state index is -0.251. The Hall–Kier alpha value is -2.17. The number of aromatic nitrogens is 3. The van der Waals surface area contributed by atoms with Gasteiger partial charge in [-0.1, -0.05) is 12.1 Å². The van der Waals surface area contributed by atoms with Gasteiger partial charge in [0.25, 0.3) is 0 Å². The number of amides is 1. The molecule has 0 spiro atoms. The molecule has 1 aliphatic heterocycles. The number of guanidine groups is 1. The molecule has 1 aromatic heterocycles. The maximum atomic E-state index is 12.8. The molecule has 8 nitrogen and oxygen atoms in total. The van der Waals surface area contributed by atoms with E-state index < -0.39 is 0 Å². The summed E-state index contributed by atoms with van der Waals surface area (Å²) in [6.07, 6.45) is 3.19. The molecule has 0 unspecified atom stereocenters. The Morgan fingerprint density at radius 2 is 1.97 bits per heavy atom. The zero-order valence-electron chi connectivity index (χ0n) is 18.4. The molecule has 0 saturated carbocycles. The number of halogens is 1. The Balaban J connectivity index is 0.00000320. The SMILES string of the molecule is CCNC(=NCc1ccc(-n2cncn2)cc1)N1CC(=O)N(C(C)C)C(C)(C)C1.I. The molecule has 1 N–H and O–H groups in total. The van der Waals surface area contributed by atoms with Crippen LogP contribution in [0.25, 0.3) is 5.69 Å². The first-order chi connectivity index (χ1) is 13.8. The van der Waals surface area contributed by atoms with Crippen molar-refractivity contribution in [2.45, 2.75) is 52.7 Å². The Morgan fingerprint density at radius 3 is 2.50 bits per heavy atom. The lowest BCUT2D eigenvalue weighted by molar-refractivity contribution is -0.145. The summed E-state index contributed by atoms with van der Waals surface area (Å²) >= 11 is 0. The number of benzene rings is 1. The second kappa shape index (κ2) is 10.2. The van der Waals surface area contributed by atoms with Crippen molar-refractivity contribution in [1.82, 2.24) is 29.9 Å². The second-order valence-electron chi connectivity index (χ2n) is 8.20. The van der Waals surface area contributed by atoms with Crippen LogP contribution in [0.3, 0.4) is 0 Å². The van der Waals surface area contributed by atoms with Gasteiger partial charge < -0.3 is 15.1 Å². The van der Waals surface area contributed by atoms with Crippen molar-refractivity contribution < 1.29 is 4.79 Å². The number of hydrogen-bond acceptors (Lipinski definition) is 4. The molecular weight excluding hydrogens is 493 g/mol. The Kier molecular flexibility index (Phi) is 8.22. The van der Waals surface area contributed by atoms with Crippen molar-refractivity contribution in [3.05, 3.63) is 42.5 Å². The number of aliphatic imine (C=N–C) groups is 1. The lowest BCUT2D eigenvalue weighted by atomic mass is 9.96. The third-order valence-electron chi connectivity index (χ3n) is 5.01. The fourth-order valence-corrected chi connectivity index (χ4v) is 4.00. The number of hydrogen-bond donors (Lipinski definition) is 1. The van der Waals surface area contributed by atoms with Gasteiger partial charge in [-0.3, -0.25) is 4.79 Å². The highest BCUT2D eigenvalue weighted by molar-refractivity contribution is 14.0. The van der Waals surface area contributed by atoms with E-state index >= 15 is 0 Å². The molecule has 1 aliphatic rings. The lowest BCUT2D eigenvalue weighted by Gasteiger charge is -2.49. The van der Waals surface area contributed by atoms with E-state index in [0.29, 0.717) is 13.1 Å². The molecule has 2 heterocycles. The smallest absolute Gasteiger partial charge is 0.242 e. The zero-order valence-corrected chi connectivity index (χ0v) is 20.7. The van der Waals surface area contributed by atoms with Gasteiger partial charge in [0.05, 0.1) is 24.3 Å². The summed E-state index contributed by atoms with van der Waals surface area (Å²) in [4.78, 5) is 25.6. The second-order valence-corrected chi connectivity index (χ2v) is 8.20. The van der Waals surface area contributed by atoms with Crippen LogP contribution in [-0.2, 0) is 11.3 Å². The third kappa shape index (κ3) is 5.50.